The van der Waals surface area contributed by atoms with Crippen LogP contribution in [0.2, 0.25) is 0 Å². The molecule has 0 aromatic carbocycles. The summed E-state index contributed by atoms with van der Waals surface area (Å²) in [4.78, 5) is 22.7. The van der Waals surface area contributed by atoms with Gasteiger partial charge in [-0.3, -0.25) is 9.59 Å². The van der Waals surface area contributed by atoms with Crippen molar-refractivity contribution < 1.29 is 19.1 Å². The second-order valence-electron chi connectivity index (χ2n) is 4.73. The van der Waals surface area contributed by atoms with Gasteiger partial charge in [0.15, 0.2) is 6.10 Å². The van der Waals surface area contributed by atoms with E-state index in [2.05, 4.69) is 19.8 Å². The molecular formula is C14H22O4. The molecule has 0 radical (unpaired) electrons. The molecule has 0 N–H and O–H groups in total. The largest absolute Gasteiger partial charge is 0.463 e. The lowest BCUT2D eigenvalue weighted by atomic mass is 10.1. The van der Waals surface area contributed by atoms with Crippen molar-refractivity contribution in [3.8, 4) is 12.3 Å². The zero-order chi connectivity index (χ0) is 14.1. The van der Waals surface area contributed by atoms with E-state index in [-0.39, 0.29) is 24.9 Å². The highest BCUT2D eigenvalue weighted by Crippen LogP contribution is 2.09. The van der Waals surface area contributed by atoms with E-state index >= 15 is 0 Å². The summed E-state index contributed by atoms with van der Waals surface area (Å²) in [6.45, 7) is 7.56. The van der Waals surface area contributed by atoms with Crippen LogP contribution in [0.25, 0.3) is 0 Å². The lowest BCUT2D eigenvalue weighted by Crippen LogP contribution is -2.19. The van der Waals surface area contributed by atoms with Gasteiger partial charge in [-0.05, 0) is 26.2 Å². The normalized spacial score (nSPS) is 13.6. The summed E-state index contributed by atoms with van der Waals surface area (Å²) < 4.78 is 9.99. The predicted octanol–water partition coefficient (Wildman–Crippen LogP) is 2.31. The molecule has 0 aromatic heterocycles. The first kappa shape index (κ1) is 16.5. The van der Waals surface area contributed by atoms with Crippen molar-refractivity contribution in [3.05, 3.63) is 0 Å². The molecule has 0 saturated heterocycles. The molecule has 4 nitrogen and oxygen atoms in total. The Labute approximate surface area is 109 Å². The number of hydrogen-bond donors (Lipinski definition) is 0. The number of terminal acetylenes is 1. The van der Waals surface area contributed by atoms with Gasteiger partial charge in [0, 0.05) is 0 Å². The van der Waals surface area contributed by atoms with Crippen molar-refractivity contribution in [3.63, 3.8) is 0 Å². The van der Waals surface area contributed by atoms with E-state index in [1.165, 1.54) is 0 Å². The van der Waals surface area contributed by atoms with Gasteiger partial charge >= 0.3 is 11.9 Å². The van der Waals surface area contributed by atoms with Gasteiger partial charge < -0.3 is 9.47 Å². The molecule has 18 heavy (non-hydrogen) atoms. The van der Waals surface area contributed by atoms with Gasteiger partial charge in [-0.2, -0.15) is 0 Å². The van der Waals surface area contributed by atoms with Gasteiger partial charge in [-0.15, -0.1) is 6.42 Å². The number of carbonyl (C=O) groups is 2. The summed E-state index contributed by atoms with van der Waals surface area (Å²) in [7, 11) is 0. The Kier molecular flexibility index (Phi) is 7.86. The first-order valence-electron chi connectivity index (χ1n) is 6.20. The summed E-state index contributed by atoms with van der Waals surface area (Å²) in [6.07, 6.45) is 5.22. The molecule has 0 aromatic rings. The smallest absolute Gasteiger partial charge is 0.307 e. The molecule has 0 heterocycles. The van der Waals surface area contributed by atoms with Crippen molar-refractivity contribution in [2.24, 2.45) is 5.92 Å². The molecule has 0 aliphatic carbocycles. The molecule has 0 aliphatic rings. The minimum atomic E-state index is -0.562. The molecule has 2 atom stereocenters. The second kappa shape index (κ2) is 8.57. The van der Waals surface area contributed by atoms with Crippen LogP contribution in [0.15, 0.2) is 0 Å². The van der Waals surface area contributed by atoms with E-state index in [9.17, 15) is 9.59 Å². The van der Waals surface area contributed by atoms with Gasteiger partial charge in [-0.25, -0.2) is 0 Å². The molecule has 102 valence electrons. The quantitative estimate of drug-likeness (QED) is 0.517. The van der Waals surface area contributed by atoms with Gasteiger partial charge in [0.1, 0.15) is 0 Å². The Balaban J connectivity index is 3.83. The molecule has 2 unspecified atom stereocenters. The van der Waals surface area contributed by atoms with Gasteiger partial charge in [0.25, 0.3) is 0 Å². The molecule has 4 heteroatoms. The number of ether oxygens (including phenoxy) is 2. The van der Waals surface area contributed by atoms with Crippen LogP contribution in [0.5, 0.6) is 0 Å². The van der Waals surface area contributed by atoms with E-state index in [0.717, 1.165) is 6.42 Å². The molecule has 0 amide bonds. The number of hydrogen-bond acceptors (Lipinski definition) is 4. The Morgan fingerprint density at radius 3 is 2.00 bits per heavy atom. The van der Waals surface area contributed by atoms with Crippen molar-refractivity contribution in [1.29, 1.82) is 0 Å². The Bertz CT molecular complexity index is 314. The standard InChI is InChI=1S/C14H22O4/c1-6-11(4)17-13(15)7-8-14(16)18-12(5)9-10(2)3/h1,10-12H,7-9H2,2-5H3. The minimum Gasteiger partial charge on any atom is -0.463 e. The van der Waals surface area contributed by atoms with Crippen LogP contribution >= 0.6 is 0 Å². The highest BCUT2D eigenvalue weighted by atomic mass is 16.5. The highest BCUT2D eigenvalue weighted by molar-refractivity contribution is 5.77. The van der Waals surface area contributed by atoms with E-state index < -0.39 is 12.1 Å². The number of carbonyl (C=O) groups excluding carboxylic acids is 2. The topological polar surface area (TPSA) is 52.6 Å². The average Bonchev–Trinajstić information content (AvgIpc) is 2.24. The average molecular weight is 254 g/mol. The zero-order valence-electron chi connectivity index (χ0n) is 11.6. The third-order valence-corrected chi connectivity index (χ3v) is 2.21. The molecule has 0 fully saturated rings. The SMILES string of the molecule is C#CC(C)OC(=O)CCC(=O)OC(C)CC(C)C. The monoisotopic (exact) mass is 254 g/mol. The fourth-order valence-electron chi connectivity index (χ4n) is 1.49. The van der Waals surface area contributed by atoms with Crippen LogP contribution in [0, 0.1) is 18.3 Å². The van der Waals surface area contributed by atoms with Crippen LogP contribution in [0.1, 0.15) is 47.0 Å². The third kappa shape index (κ3) is 8.63. The predicted molar refractivity (Wildman–Crippen MR) is 68.6 cm³/mol. The number of esters is 2. The van der Waals surface area contributed by atoms with Crippen molar-refractivity contribution in [1.82, 2.24) is 0 Å². The van der Waals surface area contributed by atoms with E-state index in [1.54, 1.807) is 6.92 Å². The summed E-state index contributed by atoms with van der Waals surface area (Å²) >= 11 is 0. The Morgan fingerprint density at radius 2 is 1.56 bits per heavy atom. The van der Waals surface area contributed by atoms with Crippen LogP contribution in [-0.2, 0) is 19.1 Å². The fraction of sp³-hybridized carbons (Fsp3) is 0.714. The van der Waals surface area contributed by atoms with E-state index in [0.29, 0.717) is 5.92 Å². The van der Waals surface area contributed by atoms with Crippen LogP contribution in [-0.4, -0.2) is 24.1 Å². The van der Waals surface area contributed by atoms with Crippen LogP contribution in [0.3, 0.4) is 0 Å². The maximum atomic E-state index is 11.4. The lowest BCUT2D eigenvalue weighted by Gasteiger charge is -2.15. The minimum absolute atomic E-state index is 0.000742. The maximum absolute atomic E-state index is 11.4. The van der Waals surface area contributed by atoms with E-state index in [1.807, 2.05) is 6.92 Å². The van der Waals surface area contributed by atoms with E-state index in [4.69, 9.17) is 15.9 Å². The zero-order valence-corrected chi connectivity index (χ0v) is 11.6. The Hall–Kier alpha value is -1.50. The summed E-state index contributed by atoms with van der Waals surface area (Å²) in [5.41, 5.74) is 0. The molecule has 0 aliphatic heterocycles. The van der Waals surface area contributed by atoms with Crippen molar-refractivity contribution in [2.75, 3.05) is 0 Å². The first-order chi connectivity index (χ1) is 8.35. The van der Waals surface area contributed by atoms with Crippen LogP contribution in [0.4, 0.5) is 0 Å². The third-order valence-electron chi connectivity index (χ3n) is 2.21. The van der Waals surface area contributed by atoms with Gasteiger partial charge in [0.05, 0.1) is 18.9 Å². The van der Waals surface area contributed by atoms with Gasteiger partial charge in [-0.1, -0.05) is 19.8 Å². The molecule has 0 saturated carbocycles. The maximum Gasteiger partial charge on any atom is 0.307 e. The summed E-state index contributed by atoms with van der Waals surface area (Å²) in [6, 6.07) is 0. The first-order valence-corrected chi connectivity index (χ1v) is 6.20. The summed E-state index contributed by atoms with van der Waals surface area (Å²) in [5, 5.41) is 0. The lowest BCUT2D eigenvalue weighted by molar-refractivity contribution is -0.154. The van der Waals surface area contributed by atoms with Crippen molar-refractivity contribution in [2.45, 2.75) is 59.2 Å². The second-order valence-corrected chi connectivity index (χ2v) is 4.73. The highest BCUT2D eigenvalue weighted by Gasteiger charge is 2.14. The molecule has 0 spiro atoms. The fourth-order valence-corrected chi connectivity index (χ4v) is 1.49. The number of rotatable bonds is 7. The molecule has 0 bridgehead atoms. The Morgan fingerprint density at radius 1 is 1.06 bits per heavy atom. The molecule has 0 rings (SSSR count). The van der Waals surface area contributed by atoms with Gasteiger partial charge in [0.2, 0.25) is 0 Å². The molecular weight excluding hydrogens is 232 g/mol. The summed E-state index contributed by atoms with van der Waals surface area (Å²) in [5.74, 6) is 1.89. The van der Waals surface area contributed by atoms with Crippen molar-refractivity contribution >= 4 is 11.9 Å². The van der Waals surface area contributed by atoms with Crippen LogP contribution < -0.4 is 0 Å².